The van der Waals surface area contributed by atoms with Crippen molar-refractivity contribution in [1.29, 1.82) is 0 Å². The van der Waals surface area contributed by atoms with E-state index in [1.54, 1.807) is 12.0 Å². The Morgan fingerprint density at radius 1 is 1.43 bits per heavy atom. The molecule has 3 unspecified atom stereocenters. The molecule has 1 fully saturated rings. The molecule has 21 heavy (non-hydrogen) atoms. The quantitative estimate of drug-likeness (QED) is 0.782. The van der Waals surface area contributed by atoms with Crippen LogP contribution in [-0.4, -0.2) is 65.3 Å². The van der Waals surface area contributed by atoms with Gasteiger partial charge in [-0.15, -0.1) is 0 Å². The molecular formula is C15H28N2O4. The van der Waals surface area contributed by atoms with Gasteiger partial charge in [-0.05, 0) is 19.8 Å². The molecule has 6 heteroatoms. The number of ether oxygens (including phenoxy) is 1. The van der Waals surface area contributed by atoms with Crippen LogP contribution in [-0.2, 0) is 9.53 Å². The molecule has 0 bridgehead atoms. The van der Waals surface area contributed by atoms with Crippen LogP contribution in [0.2, 0.25) is 0 Å². The zero-order chi connectivity index (χ0) is 16.0. The Bertz CT molecular complexity index is 362. The molecule has 6 nitrogen and oxygen atoms in total. The third-order valence-electron chi connectivity index (χ3n) is 4.25. The Kier molecular flexibility index (Phi) is 6.95. The molecule has 1 heterocycles. The molecule has 1 aliphatic heterocycles. The maximum atomic E-state index is 12.8. The van der Waals surface area contributed by atoms with Crippen LogP contribution >= 0.6 is 0 Å². The lowest BCUT2D eigenvalue weighted by atomic mass is 10.2. The van der Waals surface area contributed by atoms with Gasteiger partial charge in [0.2, 0.25) is 0 Å². The fourth-order valence-corrected chi connectivity index (χ4v) is 2.63. The third-order valence-corrected chi connectivity index (χ3v) is 4.25. The van der Waals surface area contributed by atoms with Gasteiger partial charge >= 0.3 is 12.0 Å². The number of amides is 2. The summed E-state index contributed by atoms with van der Waals surface area (Å²) in [5, 5.41) is 9.33. The van der Waals surface area contributed by atoms with Gasteiger partial charge in [-0.3, -0.25) is 0 Å². The van der Waals surface area contributed by atoms with E-state index in [2.05, 4.69) is 6.92 Å². The number of hydrogen-bond donors (Lipinski definition) is 1. The van der Waals surface area contributed by atoms with E-state index >= 15 is 0 Å². The first-order valence-electron chi connectivity index (χ1n) is 7.79. The summed E-state index contributed by atoms with van der Waals surface area (Å²) in [6.45, 7) is 7.15. The average molecular weight is 300 g/mol. The Morgan fingerprint density at radius 2 is 2.10 bits per heavy atom. The van der Waals surface area contributed by atoms with Gasteiger partial charge in [-0.1, -0.05) is 20.3 Å². The molecule has 0 aromatic heterocycles. The summed E-state index contributed by atoms with van der Waals surface area (Å²) in [5.41, 5.74) is 0. The number of unbranched alkanes of at least 4 members (excludes halogenated alkanes) is 1. The highest BCUT2D eigenvalue weighted by Crippen LogP contribution is 2.23. The van der Waals surface area contributed by atoms with Gasteiger partial charge in [-0.2, -0.15) is 0 Å². The van der Waals surface area contributed by atoms with E-state index in [1.165, 1.54) is 4.90 Å². The number of carbonyl (C=O) groups excluding carboxylic acids is 1. The van der Waals surface area contributed by atoms with Crippen LogP contribution < -0.4 is 0 Å². The number of carboxylic acids is 1. The van der Waals surface area contributed by atoms with Crippen LogP contribution in [0.15, 0.2) is 0 Å². The summed E-state index contributed by atoms with van der Waals surface area (Å²) in [4.78, 5) is 27.4. The van der Waals surface area contributed by atoms with Crippen molar-refractivity contribution in [2.24, 2.45) is 0 Å². The second-order valence-electron chi connectivity index (χ2n) is 5.69. The fraction of sp³-hybridized carbons (Fsp3) is 0.867. The highest BCUT2D eigenvalue weighted by atomic mass is 16.5. The number of carbonyl (C=O) groups is 2. The second-order valence-corrected chi connectivity index (χ2v) is 5.69. The number of nitrogens with zero attached hydrogens (tertiary/aromatic N) is 2. The standard InChI is InChI=1S/C15H28N2O4/c1-5-7-8-16(11(3)6-2)15(20)17-10-12(21-4)9-13(17)14(18)19/h11-13H,5-10H2,1-4H3,(H,18,19). The average Bonchev–Trinajstić information content (AvgIpc) is 2.91. The van der Waals surface area contributed by atoms with Gasteiger partial charge in [0.1, 0.15) is 6.04 Å². The largest absolute Gasteiger partial charge is 0.480 e. The zero-order valence-electron chi connectivity index (χ0n) is 13.5. The summed E-state index contributed by atoms with van der Waals surface area (Å²) in [5.74, 6) is -0.956. The number of rotatable bonds is 7. The molecule has 0 saturated carbocycles. The SMILES string of the molecule is CCCCN(C(=O)N1CC(OC)CC1C(=O)O)C(C)CC. The summed E-state index contributed by atoms with van der Waals surface area (Å²) < 4.78 is 5.24. The second kappa shape index (κ2) is 8.22. The zero-order valence-corrected chi connectivity index (χ0v) is 13.5. The Labute approximate surface area is 127 Å². The molecule has 1 aliphatic rings. The number of urea groups is 1. The lowest BCUT2D eigenvalue weighted by molar-refractivity contribution is -0.141. The molecule has 1 rings (SSSR count). The molecule has 1 saturated heterocycles. The van der Waals surface area contributed by atoms with Crippen LogP contribution in [0.25, 0.3) is 0 Å². The lowest BCUT2D eigenvalue weighted by Crippen LogP contribution is -2.51. The maximum absolute atomic E-state index is 12.8. The van der Waals surface area contributed by atoms with Crippen molar-refractivity contribution >= 4 is 12.0 Å². The fourth-order valence-electron chi connectivity index (χ4n) is 2.63. The molecular weight excluding hydrogens is 272 g/mol. The van der Waals surface area contributed by atoms with Crippen molar-refractivity contribution in [1.82, 2.24) is 9.80 Å². The summed E-state index contributed by atoms with van der Waals surface area (Å²) >= 11 is 0. The monoisotopic (exact) mass is 300 g/mol. The van der Waals surface area contributed by atoms with E-state index in [0.29, 0.717) is 19.5 Å². The molecule has 0 spiro atoms. The van der Waals surface area contributed by atoms with Crippen LogP contribution in [0.4, 0.5) is 4.79 Å². The number of hydrogen-bond acceptors (Lipinski definition) is 3. The highest BCUT2D eigenvalue weighted by molar-refractivity contribution is 5.83. The molecule has 0 radical (unpaired) electrons. The van der Waals surface area contributed by atoms with Crippen molar-refractivity contribution in [2.45, 2.75) is 64.6 Å². The molecule has 0 aromatic carbocycles. The predicted molar refractivity (Wildman–Crippen MR) is 80.3 cm³/mol. The smallest absolute Gasteiger partial charge is 0.326 e. The van der Waals surface area contributed by atoms with Gasteiger partial charge in [-0.25, -0.2) is 9.59 Å². The van der Waals surface area contributed by atoms with Crippen LogP contribution in [0, 0.1) is 0 Å². The van der Waals surface area contributed by atoms with Crippen molar-refractivity contribution in [3.05, 3.63) is 0 Å². The normalized spacial score (nSPS) is 23.1. The minimum absolute atomic E-state index is 0.111. The highest BCUT2D eigenvalue weighted by Gasteiger charge is 2.41. The molecule has 122 valence electrons. The van der Waals surface area contributed by atoms with Crippen molar-refractivity contribution < 1.29 is 19.4 Å². The number of methoxy groups -OCH3 is 1. The molecule has 2 amide bonds. The van der Waals surface area contributed by atoms with Crippen molar-refractivity contribution in [2.75, 3.05) is 20.2 Å². The van der Waals surface area contributed by atoms with Crippen molar-refractivity contribution in [3.8, 4) is 0 Å². The number of carboxylic acid groups (broad SMARTS) is 1. The van der Waals surface area contributed by atoms with Gasteiger partial charge in [0.05, 0.1) is 6.10 Å². The molecule has 0 aromatic rings. The van der Waals surface area contributed by atoms with Crippen LogP contribution in [0.3, 0.4) is 0 Å². The molecule has 3 atom stereocenters. The number of aliphatic carboxylic acids is 1. The third kappa shape index (κ3) is 4.33. The van der Waals surface area contributed by atoms with Gasteiger partial charge < -0.3 is 19.6 Å². The number of likely N-dealkylation sites (tertiary alicyclic amines) is 1. The molecule has 0 aliphatic carbocycles. The Morgan fingerprint density at radius 3 is 2.57 bits per heavy atom. The topological polar surface area (TPSA) is 70.1 Å². The lowest BCUT2D eigenvalue weighted by Gasteiger charge is -2.34. The maximum Gasteiger partial charge on any atom is 0.326 e. The van der Waals surface area contributed by atoms with E-state index in [4.69, 9.17) is 4.74 Å². The predicted octanol–water partition coefficient (Wildman–Crippen LogP) is 2.18. The van der Waals surface area contributed by atoms with Crippen LogP contribution in [0.5, 0.6) is 0 Å². The van der Waals surface area contributed by atoms with Gasteiger partial charge in [0, 0.05) is 32.7 Å². The van der Waals surface area contributed by atoms with Crippen molar-refractivity contribution in [3.63, 3.8) is 0 Å². The Hall–Kier alpha value is -1.30. The molecule has 1 N–H and O–H groups in total. The van der Waals surface area contributed by atoms with E-state index in [0.717, 1.165) is 19.3 Å². The van der Waals surface area contributed by atoms with Gasteiger partial charge in [0.25, 0.3) is 0 Å². The minimum atomic E-state index is -0.956. The first-order chi connectivity index (χ1) is 9.96. The summed E-state index contributed by atoms with van der Waals surface area (Å²) in [7, 11) is 1.56. The van der Waals surface area contributed by atoms with Crippen LogP contribution in [0.1, 0.15) is 46.5 Å². The van der Waals surface area contributed by atoms with E-state index < -0.39 is 12.0 Å². The first kappa shape index (κ1) is 17.8. The Balaban J connectivity index is 2.87. The first-order valence-corrected chi connectivity index (χ1v) is 7.79. The van der Waals surface area contributed by atoms with E-state index in [1.807, 2.05) is 13.8 Å². The summed E-state index contributed by atoms with van der Waals surface area (Å²) in [6.07, 6.45) is 2.95. The van der Waals surface area contributed by atoms with E-state index in [9.17, 15) is 14.7 Å². The van der Waals surface area contributed by atoms with E-state index in [-0.39, 0.29) is 18.2 Å². The summed E-state index contributed by atoms with van der Waals surface area (Å²) in [6, 6.07) is -0.847. The van der Waals surface area contributed by atoms with Gasteiger partial charge in [0.15, 0.2) is 0 Å². The minimum Gasteiger partial charge on any atom is -0.480 e.